The van der Waals surface area contributed by atoms with Gasteiger partial charge in [0.25, 0.3) is 0 Å². The number of carbonyl (C=O) groups is 1. The molecular weight excluding hydrogens is 302 g/mol. The minimum Gasteiger partial charge on any atom is -0.458 e. The molecule has 4 nitrogen and oxygen atoms in total. The zero-order valence-corrected chi connectivity index (χ0v) is 13.4. The highest BCUT2D eigenvalue weighted by molar-refractivity contribution is 5.85. The average Bonchev–Trinajstić information content (AvgIpc) is 3.21. The van der Waals surface area contributed by atoms with Gasteiger partial charge in [0.2, 0.25) is 5.60 Å². The van der Waals surface area contributed by atoms with Gasteiger partial charge in [-0.05, 0) is 24.0 Å². The van der Waals surface area contributed by atoms with Gasteiger partial charge in [0.15, 0.2) is 0 Å². The van der Waals surface area contributed by atoms with Gasteiger partial charge in [0.1, 0.15) is 6.10 Å². The van der Waals surface area contributed by atoms with Crippen LogP contribution in [0, 0.1) is 5.92 Å². The summed E-state index contributed by atoms with van der Waals surface area (Å²) in [5.41, 5.74) is -0.733. The molecule has 2 aliphatic rings. The van der Waals surface area contributed by atoms with Crippen LogP contribution in [0.25, 0.3) is 0 Å². The van der Waals surface area contributed by atoms with Crippen LogP contribution in [0.5, 0.6) is 0 Å². The van der Waals surface area contributed by atoms with Crippen LogP contribution in [0.15, 0.2) is 60.7 Å². The molecule has 2 fully saturated rings. The van der Waals surface area contributed by atoms with Crippen molar-refractivity contribution >= 4 is 5.97 Å². The summed E-state index contributed by atoms with van der Waals surface area (Å²) in [6, 6.07) is 18.2. The Morgan fingerprint density at radius 3 is 2.00 bits per heavy atom. The van der Waals surface area contributed by atoms with Gasteiger partial charge in [-0.25, -0.2) is 4.79 Å². The molecule has 4 rings (SSSR count). The maximum absolute atomic E-state index is 13.0. The van der Waals surface area contributed by atoms with Gasteiger partial charge < -0.3 is 15.2 Å². The van der Waals surface area contributed by atoms with Crippen LogP contribution in [0.4, 0.5) is 0 Å². The highest BCUT2D eigenvalue weighted by Crippen LogP contribution is 2.37. The number of nitrogens with one attached hydrogen (secondary N) is 1. The molecule has 3 unspecified atom stereocenters. The molecule has 1 saturated carbocycles. The Morgan fingerprint density at radius 2 is 1.58 bits per heavy atom. The Labute approximate surface area is 141 Å². The van der Waals surface area contributed by atoms with Crippen molar-refractivity contribution in [2.24, 2.45) is 5.92 Å². The fourth-order valence-corrected chi connectivity index (χ4v) is 3.94. The van der Waals surface area contributed by atoms with E-state index in [1.807, 2.05) is 36.4 Å². The summed E-state index contributed by atoms with van der Waals surface area (Å²) in [6.45, 7) is 0.887. The lowest BCUT2D eigenvalue weighted by atomic mass is 9.86. The Morgan fingerprint density at radius 1 is 1.00 bits per heavy atom. The third-order valence-corrected chi connectivity index (χ3v) is 5.27. The zero-order chi connectivity index (χ0) is 16.6. The SMILES string of the molecule is O=C(OC1C2CCC1NC2)C(O)(c1ccccc1)c1ccccc1. The first-order chi connectivity index (χ1) is 11.7. The standard InChI is InChI=1S/C20H21NO3/c22-19(24-18-14-11-12-17(18)21-13-14)20(23,15-7-3-1-4-8-15)16-9-5-2-6-10-16/h1-10,14,17-18,21,23H,11-13H2. The molecule has 1 saturated heterocycles. The average molecular weight is 323 g/mol. The Bertz CT molecular complexity index is 657. The molecule has 0 amide bonds. The molecule has 124 valence electrons. The van der Waals surface area contributed by atoms with Crippen LogP contribution in [0.3, 0.4) is 0 Å². The van der Waals surface area contributed by atoms with Gasteiger partial charge >= 0.3 is 5.97 Å². The second kappa shape index (κ2) is 6.04. The number of carbonyl (C=O) groups excluding carboxylic acids is 1. The van der Waals surface area contributed by atoms with Crippen molar-refractivity contribution in [3.63, 3.8) is 0 Å². The fraction of sp³-hybridized carbons (Fsp3) is 0.350. The normalized spacial score (nSPS) is 25.6. The summed E-state index contributed by atoms with van der Waals surface area (Å²) >= 11 is 0. The maximum Gasteiger partial charge on any atom is 0.348 e. The van der Waals surface area contributed by atoms with Crippen molar-refractivity contribution in [2.75, 3.05) is 6.54 Å². The molecule has 1 heterocycles. The van der Waals surface area contributed by atoms with Gasteiger partial charge in [0.05, 0.1) is 0 Å². The molecule has 24 heavy (non-hydrogen) atoms. The second-order valence-electron chi connectivity index (χ2n) is 6.66. The van der Waals surface area contributed by atoms with Crippen LogP contribution in [0.2, 0.25) is 0 Å². The highest BCUT2D eigenvalue weighted by Gasteiger charge is 2.48. The van der Waals surface area contributed by atoms with E-state index < -0.39 is 11.6 Å². The number of fused-ring (bicyclic) bond motifs is 2. The molecule has 2 aromatic carbocycles. The number of ether oxygens (including phenoxy) is 1. The van der Waals surface area contributed by atoms with Crippen molar-refractivity contribution in [3.05, 3.63) is 71.8 Å². The summed E-state index contributed by atoms with van der Waals surface area (Å²) < 4.78 is 5.82. The topological polar surface area (TPSA) is 58.6 Å². The lowest BCUT2D eigenvalue weighted by molar-refractivity contribution is -0.169. The molecule has 0 aromatic heterocycles. The molecule has 3 atom stereocenters. The lowest BCUT2D eigenvalue weighted by Crippen LogP contribution is -2.42. The minimum absolute atomic E-state index is 0.142. The Hall–Kier alpha value is -2.17. The van der Waals surface area contributed by atoms with Gasteiger partial charge in [-0.1, -0.05) is 60.7 Å². The molecule has 4 heteroatoms. The van der Waals surface area contributed by atoms with E-state index in [4.69, 9.17) is 4.74 Å². The molecule has 2 aromatic rings. The summed E-state index contributed by atoms with van der Waals surface area (Å²) in [5.74, 6) is -0.236. The number of rotatable bonds is 4. The first-order valence-electron chi connectivity index (χ1n) is 8.47. The Balaban J connectivity index is 1.69. The predicted octanol–water partition coefficient (Wildman–Crippen LogP) is 2.22. The third-order valence-electron chi connectivity index (χ3n) is 5.27. The summed E-state index contributed by atoms with van der Waals surface area (Å²) in [6.07, 6.45) is 1.96. The van der Waals surface area contributed by atoms with Crippen LogP contribution in [-0.4, -0.2) is 29.8 Å². The second-order valence-corrected chi connectivity index (χ2v) is 6.66. The third kappa shape index (κ3) is 2.43. The predicted molar refractivity (Wildman–Crippen MR) is 90.3 cm³/mol. The van der Waals surface area contributed by atoms with E-state index >= 15 is 0 Å². The van der Waals surface area contributed by atoms with Gasteiger partial charge in [0, 0.05) is 18.5 Å². The summed E-state index contributed by atoms with van der Waals surface area (Å²) in [4.78, 5) is 13.0. The minimum atomic E-state index is -1.79. The van der Waals surface area contributed by atoms with Gasteiger partial charge in [-0.15, -0.1) is 0 Å². The van der Waals surface area contributed by atoms with E-state index in [1.54, 1.807) is 24.3 Å². The number of benzene rings is 2. The zero-order valence-electron chi connectivity index (χ0n) is 13.4. The first kappa shape index (κ1) is 15.4. The van der Waals surface area contributed by atoms with Gasteiger partial charge in [-0.2, -0.15) is 0 Å². The van der Waals surface area contributed by atoms with Crippen molar-refractivity contribution in [3.8, 4) is 0 Å². The van der Waals surface area contributed by atoms with Crippen LogP contribution in [0.1, 0.15) is 24.0 Å². The molecule has 1 aliphatic heterocycles. The molecule has 2 bridgehead atoms. The first-order valence-corrected chi connectivity index (χ1v) is 8.47. The number of hydrogen-bond donors (Lipinski definition) is 2. The quantitative estimate of drug-likeness (QED) is 0.847. The van der Waals surface area contributed by atoms with Crippen molar-refractivity contribution in [1.82, 2.24) is 5.32 Å². The van der Waals surface area contributed by atoms with E-state index in [0.29, 0.717) is 17.0 Å². The number of hydrogen-bond acceptors (Lipinski definition) is 4. The summed E-state index contributed by atoms with van der Waals surface area (Å²) in [5, 5.41) is 14.8. The van der Waals surface area contributed by atoms with Gasteiger partial charge in [-0.3, -0.25) is 0 Å². The van der Waals surface area contributed by atoms with Crippen molar-refractivity contribution in [2.45, 2.75) is 30.6 Å². The monoisotopic (exact) mass is 323 g/mol. The summed E-state index contributed by atoms with van der Waals surface area (Å²) in [7, 11) is 0. The molecule has 0 radical (unpaired) electrons. The van der Waals surface area contributed by atoms with E-state index in [-0.39, 0.29) is 12.1 Å². The van der Waals surface area contributed by atoms with Crippen molar-refractivity contribution in [1.29, 1.82) is 0 Å². The van der Waals surface area contributed by atoms with Crippen molar-refractivity contribution < 1.29 is 14.6 Å². The molecular formula is C20H21NO3. The van der Waals surface area contributed by atoms with E-state index in [0.717, 1.165) is 19.4 Å². The largest absolute Gasteiger partial charge is 0.458 e. The molecule has 1 aliphatic carbocycles. The van der Waals surface area contributed by atoms with E-state index in [2.05, 4.69) is 5.32 Å². The molecule has 2 N–H and O–H groups in total. The lowest BCUT2D eigenvalue weighted by Gasteiger charge is -2.29. The maximum atomic E-state index is 13.0. The number of esters is 1. The van der Waals surface area contributed by atoms with Crippen LogP contribution < -0.4 is 5.32 Å². The van der Waals surface area contributed by atoms with Crippen LogP contribution >= 0.6 is 0 Å². The Kier molecular flexibility index (Phi) is 3.87. The van der Waals surface area contributed by atoms with E-state index in [1.165, 1.54) is 0 Å². The highest BCUT2D eigenvalue weighted by atomic mass is 16.6. The van der Waals surface area contributed by atoms with Crippen LogP contribution in [-0.2, 0) is 15.1 Å². The number of piperidine rings is 1. The smallest absolute Gasteiger partial charge is 0.348 e. The number of aliphatic hydroxyl groups is 1. The fourth-order valence-electron chi connectivity index (χ4n) is 3.94. The molecule has 0 spiro atoms. The van der Waals surface area contributed by atoms with E-state index in [9.17, 15) is 9.90 Å².